The van der Waals surface area contributed by atoms with Gasteiger partial charge < -0.3 is 13.7 Å². The van der Waals surface area contributed by atoms with Crippen molar-refractivity contribution in [2.75, 3.05) is 20.8 Å². The lowest BCUT2D eigenvalue weighted by Gasteiger charge is -2.08. The van der Waals surface area contributed by atoms with Crippen molar-refractivity contribution in [3.05, 3.63) is 54.1 Å². The monoisotopic (exact) mass is 322 g/mol. The molecule has 0 spiro atoms. The van der Waals surface area contributed by atoms with Gasteiger partial charge in [-0.2, -0.15) is 8.42 Å². The van der Waals surface area contributed by atoms with Crippen LogP contribution >= 0.6 is 0 Å². The second kappa shape index (κ2) is 7.29. The summed E-state index contributed by atoms with van der Waals surface area (Å²) in [5, 5.41) is 0. The average Bonchev–Trinajstić information content (AvgIpc) is 2.54. The molecule has 2 aromatic carbocycles. The van der Waals surface area contributed by atoms with Crippen LogP contribution < -0.4 is 8.92 Å². The molecule has 0 aliphatic carbocycles. The molecule has 0 N–H and O–H groups in total. The zero-order chi connectivity index (χ0) is 16.0. The van der Waals surface area contributed by atoms with Gasteiger partial charge in [-0.25, -0.2) is 0 Å². The Kier molecular flexibility index (Phi) is 5.41. The summed E-state index contributed by atoms with van der Waals surface area (Å²) in [5.74, 6) is 0.860. The van der Waals surface area contributed by atoms with Gasteiger partial charge in [-0.3, -0.25) is 0 Å². The third-order valence-corrected chi connectivity index (χ3v) is 4.33. The van der Waals surface area contributed by atoms with Crippen LogP contribution in [0.15, 0.2) is 53.4 Å². The lowest BCUT2D eigenvalue weighted by molar-refractivity contribution is 0.202. The summed E-state index contributed by atoms with van der Waals surface area (Å²) < 4.78 is 39.5. The maximum atomic E-state index is 12.2. The maximum Gasteiger partial charge on any atom is 0.339 e. The van der Waals surface area contributed by atoms with Gasteiger partial charge in [0.2, 0.25) is 0 Å². The van der Waals surface area contributed by atoms with Crippen LogP contribution in [0, 0.1) is 0 Å². The molecule has 118 valence electrons. The molecule has 0 radical (unpaired) electrons. The quantitative estimate of drug-likeness (QED) is 0.733. The van der Waals surface area contributed by atoms with Crippen LogP contribution in [0.2, 0.25) is 0 Å². The first-order valence-corrected chi connectivity index (χ1v) is 8.12. The molecular formula is C16H18O5S. The highest BCUT2D eigenvalue weighted by Gasteiger charge is 2.16. The van der Waals surface area contributed by atoms with Crippen molar-refractivity contribution in [3.8, 4) is 11.5 Å². The van der Waals surface area contributed by atoms with Crippen molar-refractivity contribution >= 4 is 10.1 Å². The highest BCUT2D eigenvalue weighted by Crippen LogP contribution is 2.21. The maximum absolute atomic E-state index is 12.2. The van der Waals surface area contributed by atoms with Crippen LogP contribution in [0.4, 0.5) is 0 Å². The van der Waals surface area contributed by atoms with Crippen LogP contribution in [0.3, 0.4) is 0 Å². The molecule has 0 aliphatic heterocycles. The minimum Gasteiger partial charge on any atom is -0.497 e. The largest absolute Gasteiger partial charge is 0.497 e. The first kappa shape index (κ1) is 16.3. The van der Waals surface area contributed by atoms with Crippen LogP contribution in [0.1, 0.15) is 5.56 Å². The zero-order valence-corrected chi connectivity index (χ0v) is 13.3. The molecule has 0 bridgehead atoms. The molecule has 0 amide bonds. The van der Waals surface area contributed by atoms with Gasteiger partial charge in [0, 0.05) is 7.11 Å². The molecule has 2 aromatic rings. The van der Waals surface area contributed by atoms with Gasteiger partial charge in [0.25, 0.3) is 0 Å². The van der Waals surface area contributed by atoms with Crippen molar-refractivity contribution in [2.24, 2.45) is 0 Å². The molecular weight excluding hydrogens is 304 g/mol. The summed E-state index contributed by atoms with van der Waals surface area (Å²) in [6, 6.07) is 12.9. The van der Waals surface area contributed by atoms with Crippen LogP contribution in [-0.2, 0) is 21.3 Å². The van der Waals surface area contributed by atoms with E-state index in [9.17, 15) is 8.42 Å². The van der Waals surface area contributed by atoms with E-state index in [0.29, 0.717) is 12.4 Å². The Hall–Kier alpha value is -2.05. The third-order valence-electron chi connectivity index (χ3n) is 3.07. The Balaban J connectivity index is 2.10. The fourth-order valence-corrected chi connectivity index (χ4v) is 2.78. The van der Waals surface area contributed by atoms with Gasteiger partial charge in [-0.15, -0.1) is 0 Å². The highest BCUT2D eigenvalue weighted by atomic mass is 32.2. The molecule has 6 heteroatoms. The smallest absolute Gasteiger partial charge is 0.339 e. The number of methoxy groups -OCH3 is 2. The van der Waals surface area contributed by atoms with Gasteiger partial charge in [-0.05, 0) is 48.4 Å². The van der Waals surface area contributed by atoms with E-state index in [2.05, 4.69) is 0 Å². The van der Waals surface area contributed by atoms with Gasteiger partial charge in [-0.1, -0.05) is 12.1 Å². The van der Waals surface area contributed by atoms with Gasteiger partial charge in [0.05, 0.1) is 13.7 Å². The van der Waals surface area contributed by atoms with Gasteiger partial charge >= 0.3 is 10.1 Å². The lowest BCUT2D eigenvalue weighted by atomic mass is 10.1. The zero-order valence-electron chi connectivity index (χ0n) is 12.5. The van der Waals surface area contributed by atoms with E-state index < -0.39 is 10.1 Å². The van der Waals surface area contributed by atoms with E-state index in [1.54, 1.807) is 31.4 Å². The minimum absolute atomic E-state index is 0.0803. The van der Waals surface area contributed by atoms with Crippen molar-refractivity contribution in [1.29, 1.82) is 0 Å². The minimum atomic E-state index is -3.85. The van der Waals surface area contributed by atoms with Gasteiger partial charge in [0.15, 0.2) is 0 Å². The molecule has 0 aliphatic rings. The average molecular weight is 322 g/mol. The molecule has 0 aromatic heterocycles. The molecule has 0 fully saturated rings. The van der Waals surface area contributed by atoms with Crippen LogP contribution in [0.5, 0.6) is 11.5 Å². The second-order valence-corrected chi connectivity index (χ2v) is 6.15. The van der Waals surface area contributed by atoms with E-state index in [1.165, 1.54) is 19.2 Å². The summed E-state index contributed by atoms with van der Waals surface area (Å²) in [7, 11) is -0.692. The molecule has 0 heterocycles. The third kappa shape index (κ3) is 4.22. The summed E-state index contributed by atoms with van der Waals surface area (Å²) in [6.07, 6.45) is 0.766. The van der Waals surface area contributed by atoms with E-state index in [-0.39, 0.29) is 10.6 Å². The molecule has 0 atom stereocenters. The van der Waals surface area contributed by atoms with Crippen LogP contribution in [-0.4, -0.2) is 29.2 Å². The standard InChI is InChI=1S/C16H18O5S/c1-19-12-11-13-3-5-15(6-4-13)21-22(17,18)16-9-7-14(20-2)8-10-16/h3-10H,11-12H2,1-2H3. The summed E-state index contributed by atoms with van der Waals surface area (Å²) in [5.41, 5.74) is 1.05. The predicted octanol–water partition coefficient (Wildman–Crippen LogP) is 2.65. The Labute approximate surface area is 130 Å². The first-order chi connectivity index (χ1) is 10.5. The van der Waals surface area contributed by atoms with Crippen molar-refractivity contribution in [2.45, 2.75) is 11.3 Å². The van der Waals surface area contributed by atoms with Crippen molar-refractivity contribution < 1.29 is 22.1 Å². The van der Waals surface area contributed by atoms with Crippen molar-refractivity contribution in [3.63, 3.8) is 0 Å². The highest BCUT2D eigenvalue weighted by molar-refractivity contribution is 7.87. The number of rotatable bonds is 7. The molecule has 0 saturated heterocycles. The van der Waals surface area contributed by atoms with E-state index >= 15 is 0 Å². The SMILES string of the molecule is COCCc1ccc(OS(=O)(=O)c2ccc(OC)cc2)cc1. The Morgan fingerprint density at radius 2 is 1.45 bits per heavy atom. The summed E-state index contributed by atoms with van der Waals surface area (Å²) >= 11 is 0. The Morgan fingerprint density at radius 3 is 2.00 bits per heavy atom. The van der Waals surface area contributed by atoms with Crippen LogP contribution in [0.25, 0.3) is 0 Å². The summed E-state index contributed by atoms with van der Waals surface area (Å²) in [4.78, 5) is 0.0803. The predicted molar refractivity (Wildman–Crippen MR) is 82.8 cm³/mol. The topological polar surface area (TPSA) is 61.8 Å². The van der Waals surface area contributed by atoms with Crippen molar-refractivity contribution in [1.82, 2.24) is 0 Å². The number of benzene rings is 2. The van der Waals surface area contributed by atoms with Gasteiger partial charge in [0.1, 0.15) is 16.4 Å². The Morgan fingerprint density at radius 1 is 0.864 bits per heavy atom. The van der Waals surface area contributed by atoms with E-state index in [0.717, 1.165) is 12.0 Å². The normalized spacial score (nSPS) is 11.2. The summed E-state index contributed by atoms with van der Waals surface area (Å²) in [6.45, 7) is 0.615. The molecule has 5 nitrogen and oxygen atoms in total. The van der Waals surface area contributed by atoms with E-state index in [1.807, 2.05) is 12.1 Å². The molecule has 0 saturated carbocycles. The fourth-order valence-electron chi connectivity index (χ4n) is 1.85. The number of ether oxygens (including phenoxy) is 2. The molecule has 22 heavy (non-hydrogen) atoms. The number of hydrogen-bond donors (Lipinski definition) is 0. The Bertz CT molecular complexity index is 690. The molecule has 0 unspecified atom stereocenters. The number of hydrogen-bond acceptors (Lipinski definition) is 5. The fraction of sp³-hybridized carbons (Fsp3) is 0.250. The first-order valence-electron chi connectivity index (χ1n) is 6.71. The second-order valence-electron chi connectivity index (χ2n) is 4.60. The molecule has 2 rings (SSSR count). The lowest BCUT2D eigenvalue weighted by Crippen LogP contribution is -2.09. The van der Waals surface area contributed by atoms with E-state index in [4.69, 9.17) is 13.7 Å².